The molecular formula is C21H26N3O2+. The van der Waals surface area contributed by atoms with Gasteiger partial charge in [-0.3, -0.25) is 9.59 Å². The van der Waals surface area contributed by atoms with E-state index in [1.807, 2.05) is 35.2 Å². The number of benzene rings is 2. The first-order chi connectivity index (χ1) is 12.6. The van der Waals surface area contributed by atoms with Crippen LogP contribution in [0.5, 0.6) is 0 Å². The minimum absolute atomic E-state index is 0.0929. The molecule has 0 aliphatic carbocycles. The molecule has 0 unspecified atom stereocenters. The van der Waals surface area contributed by atoms with Crippen molar-refractivity contribution in [3.8, 4) is 0 Å². The Labute approximate surface area is 154 Å². The van der Waals surface area contributed by atoms with Crippen LogP contribution in [-0.2, 0) is 22.6 Å². The van der Waals surface area contributed by atoms with Crippen molar-refractivity contribution >= 4 is 17.5 Å². The average molecular weight is 352 g/mol. The van der Waals surface area contributed by atoms with Crippen molar-refractivity contribution < 1.29 is 14.5 Å². The normalized spacial score (nSPS) is 14.9. The molecule has 1 fully saturated rings. The van der Waals surface area contributed by atoms with Crippen LogP contribution in [0.3, 0.4) is 0 Å². The van der Waals surface area contributed by atoms with Gasteiger partial charge < -0.3 is 15.1 Å². The average Bonchev–Trinajstić information content (AvgIpc) is 2.64. The van der Waals surface area contributed by atoms with Gasteiger partial charge in [-0.1, -0.05) is 42.5 Å². The first-order valence-corrected chi connectivity index (χ1v) is 9.12. The summed E-state index contributed by atoms with van der Waals surface area (Å²) in [6, 6.07) is 18.0. The third-order valence-corrected chi connectivity index (χ3v) is 4.75. The zero-order valence-electron chi connectivity index (χ0n) is 15.2. The summed E-state index contributed by atoms with van der Waals surface area (Å²) < 4.78 is 0. The minimum atomic E-state index is -0.0929. The molecule has 0 saturated carbocycles. The van der Waals surface area contributed by atoms with Crippen molar-refractivity contribution in [1.29, 1.82) is 0 Å². The number of hydrogen-bond acceptors (Lipinski definition) is 2. The summed E-state index contributed by atoms with van der Waals surface area (Å²) in [5.74, 6) is 0.0840. The van der Waals surface area contributed by atoms with Gasteiger partial charge in [0.1, 0.15) is 6.54 Å². The molecule has 2 aromatic rings. The minimum Gasteiger partial charge on any atom is -0.331 e. The highest BCUT2D eigenvalue weighted by atomic mass is 16.2. The fourth-order valence-corrected chi connectivity index (χ4v) is 3.33. The van der Waals surface area contributed by atoms with Crippen LogP contribution < -0.4 is 10.2 Å². The Morgan fingerprint density at radius 2 is 1.62 bits per heavy atom. The zero-order valence-corrected chi connectivity index (χ0v) is 15.2. The quantitative estimate of drug-likeness (QED) is 0.847. The van der Waals surface area contributed by atoms with Gasteiger partial charge in [0.2, 0.25) is 11.8 Å². The summed E-state index contributed by atoms with van der Waals surface area (Å²) in [6.45, 7) is 6.10. The molecule has 1 saturated heterocycles. The molecular weight excluding hydrogens is 326 g/mol. The highest BCUT2D eigenvalue weighted by Crippen LogP contribution is 2.11. The summed E-state index contributed by atoms with van der Waals surface area (Å²) in [5, 5.41) is 2.74. The Kier molecular flexibility index (Phi) is 6.02. The number of rotatable bonds is 5. The molecule has 0 aromatic heterocycles. The summed E-state index contributed by atoms with van der Waals surface area (Å²) in [6.07, 6.45) is 0.411. The number of carbonyl (C=O) groups is 2. The highest BCUT2D eigenvalue weighted by Gasteiger charge is 2.23. The van der Waals surface area contributed by atoms with E-state index in [4.69, 9.17) is 0 Å². The zero-order chi connectivity index (χ0) is 18.4. The molecule has 1 aliphatic heterocycles. The molecule has 2 N–H and O–H groups in total. The van der Waals surface area contributed by atoms with Crippen LogP contribution in [0.25, 0.3) is 0 Å². The first-order valence-electron chi connectivity index (χ1n) is 9.12. The Morgan fingerprint density at radius 3 is 2.23 bits per heavy atom. The second-order valence-corrected chi connectivity index (χ2v) is 6.85. The van der Waals surface area contributed by atoms with Crippen LogP contribution in [0.15, 0.2) is 54.6 Å². The van der Waals surface area contributed by atoms with Crippen molar-refractivity contribution in [2.45, 2.75) is 19.9 Å². The SMILES string of the molecule is CC(=O)Nc1ccc(CC(=O)N2CC[NH+](Cc3ccccc3)CC2)cc1. The standard InChI is InChI=1S/C21H25N3O2/c1-17(25)22-20-9-7-18(8-10-20)15-21(26)24-13-11-23(12-14-24)16-19-5-3-2-4-6-19/h2-10H,11-16H2,1H3,(H,22,25)/p+1. The lowest BCUT2D eigenvalue weighted by atomic mass is 10.1. The van der Waals surface area contributed by atoms with Gasteiger partial charge in [-0.2, -0.15) is 0 Å². The lowest BCUT2D eigenvalue weighted by molar-refractivity contribution is -0.917. The predicted octanol–water partition coefficient (Wildman–Crippen LogP) is 1.11. The van der Waals surface area contributed by atoms with Crippen LogP contribution in [-0.4, -0.2) is 42.9 Å². The Hall–Kier alpha value is -2.66. The van der Waals surface area contributed by atoms with E-state index in [9.17, 15) is 9.59 Å². The summed E-state index contributed by atoms with van der Waals surface area (Å²) in [5.41, 5.74) is 3.08. The van der Waals surface area contributed by atoms with Gasteiger partial charge >= 0.3 is 0 Å². The molecule has 2 amide bonds. The Morgan fingerprint density at radius 1 is 0.962 bits per heavy atom. The van der Waals surface area contributed by atoms with Gasteiger partial charge in [-0.25, -0.2) is 0 Å². The van der Waals surface area contributed by atoms with E-state index >= 15 is 0 Å². The lowest BCUT2D eigenvalue weighted by Gasteiger charge is -2.32. The van der Waals surface area contributed by atoms with Crippen molar-refractivity contribution in [1.82, 2.24) is 4.90 Å². The van der Waals surface area contributed by atoms with Crippen LogP contribution in [0.1, 0.15) is 18.1 Å². The molecule has 0 spiro atoms. The molecule has 0 atom stereocenters. The maximum absolute atomic E-state index is 12.5. The molecule has 0 bridgehead atoms. The van der Waals surface area contributed by atoms with Crippen LogP contribution in [0.2, 0.25) is 0 Å². The number of piperazine rings is 1. The third-order valence-electron chi connectivity index (χ3n) is 4.75. The molecule has 1 heterocycles. The molecule has 1 aliphatic rings. The number of amides is 2. The molecule has 5 heteroatoms. The molecule has 0 radical (unpaired) electrons. The number of quaternary nitrogens is 1. The second-order valence-electron chi connectivity index (χ2n) is 6.85. The summed E-state index contributed by atoms with van der Waals surface area (Å²) in [4.78, 5) is 27.1. The predicted molar refractivity (Wildman–Crippen MR) is 102 cm³/mol. The van der Waals surface area contributed by atoms with E-state index in [0.29, 0.717) is 6.42 Å². The fourth-order valence-electron chi connectivity index (χ4n) is 3.33. The van der Waals surface area contributed by atoms with E-state index in [1.54, 1.807) is 0 Å². The topological polar surface area (TPSA) is 53.9 Å². The Balaban J connectivity index is 1.47. The highest BCUT2D eigenvalue weighted by molar-refractivity contribution is 5.88. The molecule has 26 heavy (non-hydrogen) atoms. The van der Waals surface area contributed by atoms with Gasteiger partial charge in [0.05, 0.1) is 32.6 Å². The van der Waals surface area contributed by atoms with Gasteiger partial charge in [0.15, 0.2) is 0 Å². The van der Waals surface area contributed by atoms with Gasteiger partial charge in [-0.05, 0) is 17.7 Å². The van der Waals surface area contributed by atoms with E-state index in [2.05, 4.69) is 29.6 Å². The van der Waals surface area contributed by atoms with Crippen molar-refractivity contribution in [2.24, 2.45) is 0 Å². The number of nitrogens with zero attached hydrogens (tertiary/aromatic N) is 1. The van der Waals surface area contributed by atoms with Gasteiger partial charge in [-0.15, -0.1) is 0 Å². The maximum Gasteiger partial charge on any atom is 0.227 e. The summed E-state index contributed by atoms with van der Waals surface area (Å²) in [7, 11) is 0. The molecule has 136 valence electrons. The van der Waals surface area contributed by atoms with Crippen LogP contribution >= 0.6 is 0 Å². The fraction of sp³-hybridized carbons (Fsp3) is 0.333. The van der Waals surface area contributed by atoms with Crippen LogP contribution in [0.4, 0.5) is 5.69 Å². The number of nitrogens with one attached hydrogen (secondary N) is 2. The third kappa shape index (κ3) is 5.17. The largest absolute Gasteiger partial charge is 0.331 e. The number of carbonyl (C=O) groups excluding carboxylic acids is 2. The molecule has 3 rings (SSSR count). The van der Waals surface area contributed by atoms with E-state index < -0.39 is 0 Å². The van der Waals surface area contributed by atoms with E-state index in [-0.39, 0.29) is 11.8 Å². The smallest absolute Gasteiger partial charge is 0.227 e. The van der Waals surface area contributed by atoms with Crippen molar-refractivity contribution in [2.75, 3.05) is 31.5 Å². The summed E-state index contributed by atoms with van der Waals surface area (Å²) >= 11 is 0. The molecule has 2 aromatic carbocycles. The second kappa shape index (κ2) is 8.63. The van der Waals surface area contributed by atoms with Gasteiger partial charge in [0.25, 0.3) is 0 Å². The number of anilines is 1. The van der Waals surface area contributed by atoms with Crippen LogP contribution in [0, 0.1) is 0 Å². The van der Waals surface area contributed by atoms with E-state index in [0.717, 1.165) is 44.0 Å². The molecule has 5 nitrogen and oxygen atoms in total. The lowest BCUT2D eigenvalue weighted by Crippen LogP contribution is -3.13. The van der Waals surface area contributed by atoms with E-state index in [1.165, 1.54) is 17.4 Å². The van der Waals surface area contributed by atoms with Crippen molar-refractivity contribution in [3.63, 3.8) is 0 Å². The van der Waals surface area contributed by atoms with Gasteiger partial charge in [0, 0.05) is 18.2 Å². The number of hydrogen-bond donors (Lipinski definition) is 2. The monoisotopic (exact) mass is 352 g/mol. The first kappa shape index (κ1) is 18.1. The maximum atomic E-state index is 12.5. The Bertz CT molecular complexity index is 736. The van der Waals surface area contributed by atoms with Crippen molar-refractivity contribution in [3.05, 3.63) is 65.7 Å².